The van der Waals surface area contributed by atoms with Gasteiger partial charge in [0.1, 0.15) is 23.1 Å². The van der Waals surface area contributed by atoms with Crippen molar-refractivity contribution in [2.45, 2.75) is 111 Å². The summed E-state index contributed by atoms with van der Waals surface area (Å²) < 4.78 is 9.04. The molecule has 8 rings (SSSR count). The van der Waals surface area contributed by atoms with Gasteiger partial charge < -0.3 is 40.7 Å². The van der Waals surface area contributed by atoms with Gasteiger partial charge in [-0.1, -0.05) is 57.2 Å². The van der Waals surface area contributed by atoms with Gasteiger partial charge in [-0.25, -0.2) is 24.3 Å². The number of rotatable bonds is 22. The van der Waals surface area contributed by atoms with E-state index in [0.717, 1.165) is 78.6 Å². The van der Waals surface area contributed by atoms with Crippen molar-refractivity contribution in [2.24, 2.45) is 5.41 Å². The molecule has 3 amide bonds. The number of allylic oxidation sites excluding steroid dienone is 1. The summed E-state index contributed by atoms with van der Waals surface area (Å²) >= 11 is 1.58. The number of nitrogens with one attached hydrogen (secondary N) is 3. The third kappa shape index (κ3) is 13.6. The molecule has 4 aromatic heterocycles. The van der Waals surface area contributed by atoms with Crippen molar-refractivity contribution < 1.29 is 29.3 Å². The fourth-order valence-corrected chi connectivity index (χ4v) is 10.4. The second-order valence-corrected chi connectivity index (χ2v) is 22.1. The molecule has 2 saturated heterocycles. The van der Waals surface area contributed by atoms with Crippen molar-refractivity contribution in [2.75, 3.05) is 62.7 Å². The fraction of sp³-hybridized carbons (Fsp3) is 0.464. The zero-order chi connectivity index (χ0) is 54.1. The van der Waals surface area contributed by atoms with Crippen molar-refractivity contribution in [1.29, 1.82) is 0 Å². The van der Waals surface area contributed by atoms with Gasteiger partial charge in [0, 0.05) is 82.9 Å². The molecule has 6 heterocycles. The van der Waals surface area contributed by atoms with Gasteiger partial charge in [0.25, 0.3) is 5.56 Å². The molecule has 0 bridgehead atoms. The molecule has 0 spiro atoms. The van der Waals surface area contributed by atoms with Gasteiger partial charge in [0.2, 0.25) is 23.7 Å². The van der Waals surface area contributed by atoms with E-state index in [9.17, 15) is 29.4 Å². The molecule has 404 valence electrons. The number of pyridine rings is 1. The first-order valence-electron chi connectivity index (χ1n) is 26.1. The van der Waals surface area contributed by atoms with Crippen LogP contribution in [0.5, 0.6) is 0 Å². The Balaban J connectivity index is 0.726. The van der Waals surface area contributed by atoms with Gasteiger partial charge in [-0.05, 0) is 99.5 Å². The van der Waals surface area contributed by atoms with Gasteiger partial charge in [0.05, 0.1) is 34.4 Å². The Morgan fingerprint density at radius 3 is 2.36 bits per heavy atom. The van der Waals surface area contributed by atoms with Crippen molar-refractivity contribution in [3.8, 4) is 16.3 Å². The Morgan fingerprint density at radius 2 is 1.67 bits per heavy atom. The maximum Gasteiger partial charge on any atom is 0.278 e. The average molecular weight is 1060 g/mol. The summed E-state index contributed by atoms with van der Waals surface area (Å²) in [4.78, 5) is 79.7. The number of fused-ring (bicyclic) bond motifs is 1. The second kappa shape index (κ2) is 24.4. The summed E-state index contributed by atoms with van der Waals surface area (Å²) in [6.45, 7) is 20.9. The molecular weight excluding hydrogens is 985 g/mol. The quantitative estimate of drug-likeness (QED) is 0.0384. The minimum absolute atomic E-state index is 0.0150. The van der Waals surface area contributed by atoms with Crippen LogP contribution in [-0.4, -0.2) is 138 Å². The van der Waals surface area contributed by atoms with E-state index in [0.29, 0.717) is 48.1 Å². The van der Waals surface area contributed by atoms with Crippen LogP contribution in [0, 0.1) is 12.3 Å². The Hall–Kier alpha value is -6.84. The first kappa shape index (κ1) is 55.4. The van der Waals surface area contributed by atoms with E-state index in [-0.39, 0.29) is 55.8 Å². The van der Waals surface area contributed by atoms with E-state index >= 15 is 0 Å². The maximum atomic E-state index is 14.0. The fourth-order valence-electron chi connectivity index (χ4n) is 9.59. The first-order chi connectivity index (χ1) is 36.4. The number of carbonyl (C=O) groups is 3. The third-order valence-electron chi connectivity index (χ3n) is 13.8. The van der Waals surface area contributed by atoms with Gasteiger partial charge in [-0.15, -0.1) is 17.9 Å². The number of β-amino-alcohol motifs (C(OH)–C–C–N with tert-alkyl or cyclic N) is 1. The lowest BCUT2D eigenvalue weighted by Gasteiger charge is -2.36. The zero-order valence-electron chi connectivity index (χ0n) is 44.5. The molecule has 2 aliphatic rings. The van der Waals surface area contributed by atoms with Crippen LogP contribution in [0.3, 0.4) is 0 Å². The monoisotopic (exact) mass is 1060 g/mol. The number of carbonyl (C=O) groups excluding carboxylic acids is 3. The number of aliphatic hydroxyl groups is 2. The number of piperazine rings is 1. The molecule has 2 aromatic carbocycles. The van der Waals surface area contributed by atoms with E-state index in [4.69, 9.17) is 9.72 Å². The molecular formula is C56H72N12O7S. The molecule has 2 fully saturated rings. The third-order valence-corrected chi connectivity index (χ3v) is 14.8. The summed E-state index contributed by atoms with van der Waals surface area (Å²) in [6, 6.07) is 19.6. The maximum absolute atomic E-state index is 14.0. The number of benzene rings is 2. The number of aryl methyl sites for hydroxylation is 1. The molecule has 5 N–H and O–H groups in total. The topological polar surface area (TPSA) is 225 Å². The average Bonchev–Trinajstić information content (AvgIpc) is 4.18. The summed E-state index contributed by atoms with van der Waals surface area (Å²) in [6.07, 6.45) is 5.01. The molecule has 0 unspecified atom stereocenters. The largest absolute Gasteiger partial charge is 0.391 e. The van der Waals surface area contributed by atoms with Crippen molar-refractivity contribution in [3.05, 3.63) is 118 Å². The molecule has 20 heteroatoms. The number of nitrogens with zero attached hydrogens (tertiary/aromatic N) is 9. The first-order valence-corrected chi connectivity index (χ1v) is 27.0. The van der Waals surface area contributed by atoms with E-state index < -0.39 is 29.2 Å². The van der Waals surface area contributed by atoms with E-state index in [1.807, 2.05) is 69.6 Å². The number of unbranched alkanes of at least 4 members (excludes halogenated alkanes) is 1. The lowest BCUT2D eigenvalue weighted by atomic mass is 9.85. The Labute approximate surface area is 448 Å². The number of aliphatic hydroxyl groups excluding tert-OH is 1. The zero-order valence-corrected chi connectivity index (χ0v) is 45.3. The minimum Gasteiger partial charge on any atom is -0.391 e. The number of thiazole rings is 1. The standard InChI is InChI=1S/C56H72N12O7S/c1-8-24-67-52(72)43-34-58-54(63-50(43)68(67)46-14-11-13-45(61-46)56(6,7)74)60-40-20-22-41(23-21-40)65-28-26-64(27-29-65)25-9-10-30-75-31-12-15-47(70)62-49(55(3,4)5)53(73)66-35-42(69)32-44(66)51(71)57-33-38-16-18-39(19-17-38)48-37(2)59-36-76-48/h8,11,13-14,16-23,34,36,42,44,49,69,74H,1,9-10,12,15,24-33,35H2,2-7H3,(H,57,71)(H,62,70)(H,58,60,63)/t42-,44+,49-/m1/s1. The molecule has 3 atom stereocenters. The number of amides is 3. The van der Waals surface area contributed by atoms with Crippen molar-refractivity contribution >= 4 is 57.4 Å². The predicted molar refractivity (Wildman–Crippen MR) is 296 cm³/mol. The number of hydrogen-bond donors (Lipinski definition) is 5. The van der Waals surface area contributed by atoms with Crippen LogP contribution in [0.15, 0.2) is 95.9 Å². The van der Waals surface area contributed by atoms with Crippen LogP contribution < -0.4 is 26.4 Å². The number of ether oxygens (including phenoxy) is 1. The second-order valence-electron chi connectivity index (χ2n) is 21.2. The van der Waals surface area contributed by atoms with Crippen LogP contribution in [-0.2, 0) is 37.8 Å². The number of hydrogen-bond acceptors (Lipinski definition) is 15. The van der Waals surface area contributed by atoms with Crippen LogP contribution >= 0.6 is 11.3 Å². The number of anilines is 3. The normalized spacial score (nSPS) is 16.7. The van der Waals surface area contributed by atoms with Crippen LogP contribution in [0.4, 0.5) is 17.3 Å². The highest BCUT2D eigenvalue weighted by atomic mass is 32.1. The summed E-state index contributed by atoms with van der Waals surface area (Å²) in [7, 11) is 0. The smallest absolute Gasteiger partial charge is 0.278 e. The van der Waals surface area contributed by atoms with Gasteiger partial charge >= 0.3 is 0 Å². The number of aromatic nitrogens is 6. The van der Waals surface area contributed by atoms with E-state index in [1.54, 1.807) is 54.1 Å². The molecule has 76 heavy (non-hydrogen) atoms. The van der Waals surface area contributed by atoms with Gasteiger partial charge in [0.15, 0.2) is 11.5 Å². The molecule has 19 nitrogen and oxygen atoms in total. The molecule has 0 saturated carbocycles. The number of likely N-dealkylation sites (tertiary alicyclic amines) is 1. The van der Waals surface area contributed by atoms with Crippen LogP contribution in [0.1, 0.15) is 83.7 Å². The summed E-state index contributed by atoms with van der Waals surface area (Å²) in [5.74, 6) is -0.239. The Kier molecular flexibility index (Phi) is 17.8. The van der Waals surface area contributed by atoms with Crippen molar-refractivity contribution in [1.82, 2.24) is 49.7 Å². The molecule has 0 aliphatic carbocycles. The predicted octanol–water partition coefficient (Wildman–Crippen LogP) is 6.07. The van der Waals surface area contributed by atoms with Gasteiger partial charge in [-0.3, -0.25) is 24.1 Å². The highest BCUT2D eigenvalue weighted by molar-refractivity contribution is 7.13. The highest BCUT2D eigenvalue weighted by Gasteiger charge is 2.44. The minimum atomic E-state index is -1.18. The lowest BCUT2D eigenvalue weighted by molar-refractivity contribution is -0.144. The highest BCUT2D eigenvalue weighted by Crippen LogP contribution is 2.30. The SMILES string of the molecule is C=CCn1c(=O)c2cnc(Nc3ccc(N4CCN(CCCCOCCCC(=O)N[C@H](C(=O)N5C[C@H](O)C[C@H]5C(=O)NCc5ccc(-c6scnc6C)cc5)C(C)(C)C)CC4)cc3)nc2n1-c1cccc(C(C)(C)O)n1. The molecule has 6 aromatic rings. The molecule has 2 aliphatic heterocycles. The van der Waals surface area contributed by atoms with E-state index in [2.05, 4.69) is 59.4 Å². The van der Waals surface area contributed by atoms with Crippen LogP contribution in [0.25, 0.3) is 27.3 Å². The summed E-state index contributed by atoms with van der Waals surface area (Å²) in [5.41, 5.74) is 5.40. The van der Waals surface area contributed by atoms with E-state index in [1.165, 1.54) is 15.8 Å². The summed E-state index contributed by atoms with van der Waals surface area (Å²) in [5, 5.41) is 30.8. The molecule has 0 radical (unpaired) electrons. The Bertz CT molecular complexity index is 3020. The van der Waals surface area contributed by atoms with Crippen LogP contribution in [0.2, 0.25) is 0 Å². The Morgan fingerprint density at radius 1 is 0.934 bits per heavy atom. The van der Waals surface area contributed by atoms with Crippen molar-refractivity contribution in [3.63, 3.8) is 0 Å². The van der Waals surface area contributed by atoms with Gasteiger partial charge in [-0.2, -0.15) is 4.98 Å². The lowest BCUT2D eigenvalue weighted by Crippen LogP contribution is -2.57.